The van der Waals surface area contributed by atoms with Gasteiger partial charge in [0.25, 0.3) is 5.91 Å². The van der Waals surface area contributed by atoms with Gasteiger partial charge in [0, 0.05) is 13.1 Å². The normalized spacial score (nSPS) is 15.5. The van der Waals surface area contributed by atoms with E-state index in [2.05, 4.69) is 13.8 Å². The van der Waals surface area contributed by atoms with Crippen LogP contribution in [0.3, 0.4) is 0 Å². The molecule has 0 fully saturated rings. The van der Waals surface area contributed by atoms with Crippen molar-refractivity contribution in [1.29, 1.82) is 0 Å². The van der Waals surface area contributed by atoms with Gasteiger partial charge >= 0.3 is 5.97 Å². The van der Waals surface area contributed by atoms with E-state index in [1.54, 1.807) is 36.3 Å². The predicted molar refractivity (Wildman–Crippen MR) is 108 cm³/mol. The van der Waals surface area contributed by atoms with Crippen molar-refractivity contribution in [2.45, 2.75) is 46.5 Å². The Morgan fingerprint density at radius 2 is 1.68 bits per heavy atom. The van der Waals surface area contributed by atoms with Gasteiger partial charge in [-0.2, -0.15) is 0 Å². The number of nitrogens with zero attached hydrogens (tertiary/aromatic N) is 1. The highest BCUT2D eigenvalue weighted by atomic mass is 16.6. The molecule has 0 unspecified atom stereocenters. The Labute approximate surface area is 166 Å². The van der Waals surface area contributed by atoms with E-state index in [4.69, 9.17) is 9.47 Å². The largest absolute Gasteiger partial charge is 0.504 e. The van der Waals surface area contributed by atoms with Gasteiger partial charge in [-0.3, -0.25) is 4.79 Å². The number of aliphatic hydroxyl groups is 1. The van der Waals surface area contributed by atoms with Gasteiger partial charge in [0.1, 0.15) is 5.75 Å². The van der Waals surface area contributed by atoms with Crippen molar-refractivity contribution in [2.75, 3.05) is 20.2 Å². The maximum absolute atomic E-state index is 13.5. The predicted octanol–water partition coefficient (Wildman–Crippen LogP) is 4.22. The number of unbranched alkanes of at least 4 members (excludes halogenated alkanes) is 2. The first-order chi connectivity index (χ1) is 13.4. The first-order valence-corrected chi connectivity index (χ1v) is 9.74. The zero-order valence-corrected chi connectivity index (χ0v) is 17.1. The van der Waals surface area contributed by atoms with E-state index >= 15 is 0 Å². The van der Waals surface area contributed by atoms with Crippen molar-refractivity contribution in [3.8, 4) is 5.75 Å². The lowest BCUT2D eigenvalue weighted by atomic mass is 10.0. The number of carbonyl (C=O) groups excluding carboxylic acids is 2. The van der Waals surface area contributed by atoms with E-state index in [1.165, 1.54) is 6.92 Å². The smallest absolute Gasteiger partial charge is 0.343 e. The zero-order valence-electron chi connectivity index (χ0n) is 17.1. The molecule has 0 saturated heterocycles. The Morgan fingerprint density at radius 3 is 2.11 bits per heavy atom. The SMILES string of the molecule is CCCCN(CCCC)C(=O)/C(=C1/OC(=O)C(C)=C1O)c1ccc(OC)cc1. The van der Waals surface area contributed by atoms with Crippen LogP contribution < -0.4 is 4.74 Å². The van der Waals surface area contributed by atoms with Crippen molar-refractivity contribution < 1.29 is 24.2 Å². The molecule has 0 atom stereocenters. The number of rotatable bonds is 9. The minimum Gasteiger partial charge on any atom is -0.504 e. The summed E-state index contributed by atoms with van der Waals surface area (Å²) in [5, 5.41) is 10.4. The summed E-state index contributed by atoms with van der Waals surface area (Å²) in [6.07, 6.45) is 3.68. The second-order valence-corrected chi connectivity index (χ2v) is 6.80. The summed E-state index contributed by atoms with van der Waals surface area (Å²) in [6, 6.07) is 6.92. The summed E-state index contributed by atoms with van der Waals surface area (Å²) in [4.78, 5) is 27.2. The lowest BCUT2D eigenvalue weighted by Gasteiger charge is -2.24. The van der Waals surface area contributed by atoms with E-state index in [0.717, 1.165) is 25.7 Å². The van der Waals surface area contributed by atoms with Crippen LogP contribution in [-0.4, -0.2) is 42.1 Å². The lowest BCUT2D eigenvalue weighted by Crippen LogP contribution is -2.34. The quantitative estimate of drug-likeness (QED) is 0.507. The molecule has 0 radical (unpaired) electrons. The number of cyclic esters (lactones) is 1. The Kier molecular flexibility index (Phi) is 7.67. The average molecular weight is 387 g/mol. The lowest BCUT2D eigenvalue weighted by molar-refractivity contribution is -0.133. The Bertz CT molecular complexity index is 769. The van der Waals surface area contributed by atoms with E-state index in [9.17, 15) is 14.7 Å². The molecule has 2 rings (SSSR count). The number of esters is 1. The third kappa shape index (κ3) is 4.74. The molecule has 6 nitrogen and oxygen atoms in total. The number of amides is 1. The van der Waals surface area contributed by atoms with Crippen molar-refractivity contribution in [1.82, 2.24) is 4.90 Å². The number of hydrogen-bond donors (Lipinski definition) is 1. The molecule has 28 heavy (non-hydrogen) atoms. The van der Waals surface area contributed by atoms with Crippen LogP contribution in [0.2, 0.25) is 0 Å². The Morgan fingerprint density at radius 1 is 1.11 bits per heavy atom. The average Bonchev–Trinajstić information content (AvgIpc) is 2.96. The molecule has 0 spiro atoms. The number of ether oxygens (including phenoxy) is 2. The van der Waals surface area contributed by atoms with Crippen LogP contribution in [0.15, 0.2) is 41.4 Å². The van der Waals surface area contributed by atoms with Crippen molar-refractivity contribution in [3.63, 3.8) is 0 Å². The van der Waals surface area contributed by atoms with Crippen LogP contribution in [-0.2, 0) is 14.3 Å². The summed E-state index contributed by atoms with van der Waals surface area (Å²) in [5.74, 6) is -0.601. The molecule has 1 aliphatic heterocycles. The molecule has 0 bridgehead atoms. The van der Waals surface area contributed by atoms with Gasteiger partial charge in [0.15, 0.2) is 11.5 Å². The summed E-state index contributed by atoms with van der Waals surface area (Å²) in [6.45, 7) is 6.84. The molecule has 0 aromatic heterocycles. The molecule has 1 aromatic carbocycles. The van der Waals surface area contributed by atoms with E-state index in [0.29, 0.717) is 24.4 Å². The highest BCUT2D eigenvalue weighted by molar-refractivity contribution is 6.21. The number of benzene rings is 1. The van der Waals surface area contributed by atoms with Crippen molar-refractivity contribution in [2.24, 2.45) is 0 Å². The standard InChI is InChI=1S/C22H29NO5/c1-5-7-13-23(14-8-6-2)21(25)18(16-9-11-17(27-4)12-10-16)20-19(24)15(3)22(26)28-20/h9-12,24H,5-8,13-14H2,1-4H3/b20-18+. The van der Waals surface area contributed by atoms with Crippen LogP contribution in [0.4, 0.5) is 0 Å². The molecule has 1 N–H and O–H groups in total. The molecule has 6 heteroatoms. The molecule has 1 aliphatic rings. The first-order valence-electron chi connectivity index (χ1n) is 9.74. The fraction of sp³-hybridized carbons (Fsp3) is 0.455. The van der Waals surface area contributed by atoms with E-state index in [1.807, 2.05) is 0 Å². The van der Waals surface area contributed by atoms with Crippen LogP contribution >= 0.6 is 0 Å². The zero-order chi connectivity index (χ0) is 20.7. The van der Waals surface area contributed by atoms with Gasteiger partial charge in [-0.05, 0) is 37.5 Å². The highest BCUT2D eigenvalue weighted by Crippen LogP contribution is 2.33. The number of carbonyl (C=O) groups is 2. The molecule has 1 aromatic rings. The van der Waals surface area contributed by atoms with E-state index < -0.39 is 5.97 Å². The van der Waals surface area contributed by atoms with Crippen LogP contribution in [0.5, 0.6) is 5.75 Å². The third-order valence-corrected chi connectivity index (χ3v) is 4.74. The van der Waals surface area contributed by atoms with Crippen molar-refractivity contribution >= 4 is 17.4 Å². The molecule has 0 aliphatic carbocycles. The van der Waals surface area contributed by atoms with Gasteiger partial charge in [-0.1, -0.05) is 38.8 Å². The first kappa shape index (κ1) is 21.5. The molecule has 1 heterocycles. The topological polar surface area (TPSA) is 76.1 Å². The molecular formula is C22H29NO5. The maximum atomic E-state index is 13.5. The molecule has 0 saturated carbocycles. The Hall–Kier alpha value is -2.76. The molecular weight excluding hydrogens is 358 g/mol. The van der Waals surface area contributed by atoms with Crippen LogP contribution in [0.25, 0.3) is 5.57 Å². The summed E-state index contributed by atoms with van der Waals surface area (Å²) in [7, 11) is 1.56. The summed E-state index contributed by atoms with van der Waals surface area (Å²) < 4.78 is 10.5. The second kappa shape index (κ2) is 9.97. The highest BCUT2D eigenvalue weighted by Gasteiger charge is 2.34. The van der Waals surface area contributed by atoms with Gasteiger partial charge in [-0.15, -0.1) is 0 Å². The monoisotopic (exact) mass is 387 g/mol. The number of hydrogen-bond acceptors (Lipinski definition) is 5. The fourth-order valence-corrected chi connectivity index (χ4v) is 2.93. The van der Waals surface area contributed by atoms with Crippen LogP contribution in [0.1, 0.15) is 52.0 Å². The van der Waals surface area contributed by atoms with E-state index in [-0.39, 0.29) is 28.6 Å². The molecule has 1 amide bonds. The Balaban J connectivity index is 2.53. The summed E-state index contributed by atoms with van der Waals surface area (Å²) >= 11 is 0. The minimum absolute atomic E-state index is 0.0735. The van der Waals surface area contributed by atoms with Gasteiger partial charge < -0.3 is 19.5 Å². The van der Waals surface area contributed by atoms with Gasteiger partial charge in [-0.25, -0.2) is 4.79 Å². The second-order valence-electron chi connectivity index (χ2n) is 6.80. The third-order valence-electron chi connectivity index (χ3n) is 4.74. The van der Waals surface area contributed by atoms with Crippen LogP contribution in [0, 0.1) is 0 Å². The number of aliphatic hydroxyl groups excluding tert-OH is 1. The fourth-order valence-electron chi connectivity index (χ4n) is 2.93. The summed E-state index contributed by atoms with van der Waals surface area (Å²) in [5.41, 5.74) is 0.855. The van der Waals surface area contributed by atoms with Gasteiger partial charge in [0.2, 0.25) is 0 Å². The maximum Gasteiger partial charge on any atom is 0.343 e. The van der Waals surface area contributed by atoms with Gasteiger partial charge in [0.05, 0.1) is 18.3 Å². The molecule has 152 valence electrons. The number of methoxy groups -OCH3 is 1. The minimum atomic E-state index is -0.639. The van der Waals surface area contributed by atoms with Crippen molar-refractivity contribution in [3.05, 3.63) is 46.9 Å².